The molecule has 16 heavy (non-hydrogen) atoms. The summed E-state index contributed by atoms with van der Waals surface area (Å²) in [6, 6.07) is 0. The third-order valence-electron chi connectivity index (χ3n) is 3.16. The Bertz CT molecular complexity index is 424. The van der Waals surface area contributed by atoms with Crippen molar-refractivity contribution in [3.05, 3.63) is 17.2 Å². The van der Waals surface area contributed by atoms with E-state index < -0.39 is 17.5 Å². The molecule has 0 atom stereocenters. The first-order valence-corrected chi connectivity index (χ1v) is 5.51. The Morgan fingerprint density at radius 2 is 2.38 bits per heavy atom. The second-order valence-electron chi connectivity index (χ2n) is 4.12. The quantitative estimate of drug-likeness (QED) is 0.833. The van der Waals surface area contributed by atoms with Gasteiger partial charge in [-0.15, -0.1) is 0 Å². The van der Waals surface area contributed by atoms with E-state index in [1.54, 1.807) is 4.57 Å². The fraction of sp³-hybridized carbons (Fsp3) is 0.600. The van der Waals surface area contributed by atoms with E-state index in [9.17, 15) is 15.0 Å². The molecule has 0 radical (unpaired) electrons. The maximum absolute atomic E-state index is 11.4. The fourth-order valence-corrected chi connectivity index (χ4v) is 2.62. The molecule has 0 unspecified atom stereocenters. The topological polar surface area (TPSA) is 75.4 Å². The highest BCUT2D eigenvalue weighted by atomic mass is 35.5. The molecular formula is C10H13ClN2O3. The van der Waals surface area contributed by atoms with Gasteiger partial charge in [0.2, 0.25) is 0 Å². The van der Waals surface area contributed by atoms with Crippen molar-refractivity contribution < 1.29 is 15.0 Å². The van der Waals surface area contributed by atoms with Gasteiger partial charge in [0.05, 0.1) is 18.1 Å². The molecule has 6 heteroatoms. The van der Waals surface area contributed by atoms with Gasteiger partial charge in [-0.05, 0) is 19.8 Å². The zero-order valence-electron chi connectivity index (χ0n) is 8.85. The van der Waals surface area contributed by atoms with Gasteiger partial charge < -0.3 is 14.8 Å². The number of imidazole rings is 1. The number of carbonyl (C=O) groups is 1. The number of hydrogen-bond acceptors (Lipinski definition) is 3. The minimum atomic E-state index is -1.07. The Morgan fingerprint density at radius 1 is 1.75 bits per heavy atom. The lowest BCUT2D eigenvalue weighted by molar-refractivity contribution is -0.153. The molecule has 0 saturated heterocycles. The summed E-state index contributed by atoms with van der Waals surface area (Å²) in [6.07, 6.45) is 1.38. The van der Waals surface area contributed by atoms with Crippen molar-refractivity contribution in [2.45, 2.75) is 37.8 Å². The van der Waals surface area contributed by atoms with E-state index in [0.29, 0.717) is 12.2 Å². The third kappa shape index (κ3) is 1.43. The largest absolute Gasteiger partial charge is 0.481 e. The molecule has 0 bridgehead atoms. The Morgan fingerprint density at radius 3 is 2.81 bits per heavy atom. The summed E-state index contributed by atoms with van der Waals surface area (Å²) >= 11 is 5.94. The molecule has 0 aliphatic heterocycles. The minimum Gasteiger partial charge on any atom is -0.481 e. The number of rotatable bonds is 3. The highest BCUT2D eigenvalue weighted by Crippen LogP contribution is 2.46. The summed E-state index contributed by atoms with van der Waals surface area (Å²) in [5.41, 5.74) is -0.558. The second kappa shape index (κ2) is 3.75. The van der Waals surface area contributed by atoms with Crippen LogP contribution in [0.15, 0.2) is 6.33 Å². The number of nitrogens with zero attached hydrogens (tertiary/aromatic N) is 2. The Hall–Kier alpha value is -1.07. The lowest BCUT2D eigenvalue weighted by Gasteiger charge is -2.42. The van der Waals surface area contributed by atoms with Crippen LogP contribution in [0.5, 0.6) is 0 Å². The SMILES string of the molecule is CCn1cnc(Cl)c1C1(C(=O)O)CC(O)C1. The van der Waals surface area contributed by atoms with Crippen molar-refractivity contribution in [1.29, 1.82) is 0 Å². The van der Waals surface area contributed by atoms with Crippen LogP contribution in [-0.4, -0.2) is 31.8 Å². The molecule has 1 heterocycles. The average molecular weight is 245 g/mol. The lowest BCUT2D eigenvalue weighted by atomic mass is 9.64. The molecule has 1 aliphatic rings. The molecule has 0 amide bonds. The van der Waals surface area contributed by atoms with Crippen LogP contribution in [0.25, 0.3) is 0 Å². The molecule has 1 saturated carbocycles. The van der Waals surface area contributed by atoms with Gasteiger partial charge in [-0.1, -0.05) is 11.6 Å². The summed E-state index contributed by atoms with van der Waals surface area (Å²) < 4.78 is 1.72. The molecule has 1 aliphatic carbocycles. The van der Waals surface area contributed by atoms with E-state index in [-0.39, 0.29) is 18.0 Å². The van der Waals surface area contributed by atoms with Gasteiger partial charge in [0, 0.05) is 6.54 Å². The van der Waals surface area contributed by atoms with Gasteiger partial charge in [-0.2, -0.15) is 0 Å². The molecule has 88 valence electrons. The van der Waals surface area contributed by atoms with Crippen LogP contribution >= 0.6 is 11.6 Å². The molecule has 1 aromatic rings. The van der Waals surface area contributed by atoms with Crippen LogP contribution in [0, 0.1) is 0 Å². The highest BCUT2D eigenvalue weighted by molar-refractivity contribution is 6.30. The summed E-state index contributed by atoms with van der Waals surface area (Å²) in [5, 5.41) is 18.9. The maximum Gasteiger partial charge on any atom is 0.315 e. The van der Waals surface area contributed by atoms with Gasteiger partial charge in [0.15, 0.2) is 5.15 Å². The van der Waals surface area contributed by atoms with Crippen LogP contribution in [0.1, 0.15) is 25.5 Å². The monoisotopic (exact) mass is 244 g/mol. The molecule has 1 aromatic heterocycles. The number of aromatic nitrogens is 2. The summed E-state index contributed by atoms with van der Waals surface area (Å²) in [7, 11) is 0. The smallest absolute Gasteiger partial charge is 0.315 e. The van der Waals surface area contributed by atoms with Crippen molar-refractivity contribution in [2.75, 3.05) is 0 Å². The number of hydrogen-bond donors (Lipinski definition) is 2. The van der Waals surface area contributed by atoms with Gasteiger partial charge in [-0.3, -0.25) is 4.79 Å². The van der Waals surface area contributed by atoms with Crippen molar-refractivity contribution in [3.63, 3.8) is 0 Å². The number of aliphatic carboxylic acids is 1. The first-order chi connectivity index (χ1) is 7.51. The molecule has 2 N–H and O–H groups in total. The molecule has 0 spiro atoms. The average Bonchev–Trinajstić information content (AvgIpc) is 2.54. The lowest BCUT2D eigenvalue weighted by Crippen LogP contribution is -2.51. The Labute approximate surface area is 97.7 Å². The highest BCUT2D eigenvalue weighted by Gasteiger charge is 2.54. The van der Waals surface area contributed by atoms with E-state index in [2.05, 4.69) is 4.98 Å². The first kappa shape index (κ1) is 11.4. The van der Waals surface area contributed by atoms with E-state index in [1.165, 1.54) is 6.33 Å². The Balaban J connectivity index is 2.48. The van der Waals surface area contributed by atoms with Crippen LogP contribution in [0.3, 0.4) is 0 Å². The van der Waals surface area contributed by atoms with Crippen LogP contribution in [-0.2, 0) is 16.8 Å². The van der Waals surface area contributed by atoms with Gasteiger partial charge in [0.25, 0.3) is 0 Å². The number of aliphatic hydroxyl groups excluding tert-OH is 1. The summed E-state index contributed by atoms with van der Waals surface area (Å²) in [4.78, 5) is 15.3. The van der Waals surface area contributed by atoms with E-state index >= 15 is 0 Å². The summed E-state index contributed by atoms with van der Waals surface area (Å²) in [6.45, 7) is 2.51. The molecule has 0 aromatic carbocycles. The predicted octanol–water partition coefficient (Wildman–Crippen LogP) is 1.03. The molecular weight excluding hydrogens is 232 g/mol. The van der Waals surface area contributed by atoms with Crippen LogP contribution < -0.4 is 0 Å². The van der Waals surface area contributed by atoms with E-state index in [4.69, 9.17) is 11.6 Å². The van der Waals surface area contributed by atoms with Crippen LogP contribution in [0.4, 0.5) is 0 Å². The Kier molecular flexibility index (Phi) is 2.67. The van der Waals surface area contributed by atoms with Crippen LogP contribution in [0.2, 0.25) is 5.15 Å². The number of carboxylic acids is 1. The van der Waals surface area contributed by atoms with E-state index in [0.717, 1.165) is 0 Å². The van der Waals surface area contributed by atoms with Gasteiger partial charge in [0.1, 0.15) is 5.41 Å². The zero-order valence-corrected chi connectivity index (χ0v) is 9.61. The predicted molar refractivity (Wildman–Crippen MR) is 57.5 cm³/mol. The maximum atomic E-state index is 11.4. The fourth-order valence-electron chi connectivity index (χ4n) is 2.28. The number of aliphatic hydroxyl groups is 1. The van der Waals surface area contributed by atoms with E-state index in [1.807, 2.05) is 6.92 Å². The van der Waals surface area contributed by atoms with Crippen molar-refractivity contribution in [3.8, 4) is 0 Å². The molecule has 2 rings (SSSR count). The third-order valence-corrected chi connectivity index (χ3v) is 3.44. The van der Waals surface area contributed by atoms with Gasteiger partial charge >= 0.3 is 5.97 Å². The van der Waals surface area contributed by atoms with Crippen molar-refractivity contribution >= 4 is 17.6 Å². The second-order valence-corrected chi connectivity index (χ2v) is 4.48. The molecule has 1 fully saturated rings. The zero-order chi connectivity index (χ0) is 11.9. The van der Waals surface area contributed by atoms with Crippen molar-refractivity contribution in [1.82, 2.24) is 9.55 Å². The normalized spacial score (nSPS) is 28.8. The number of aryl methyl sites for hydroxylation is 1. The standard InChI is InChI=1S/C10H13ClN2O3/c1-2-13-5-12-8(11)7(13)10(9(15)16)3-6(14)4-10/h5-6,14H,2-4H2,1H3,(H,15,16). The van der Waals surface area contributed by atoms with Crippen molar-refractivity contribution in [2.24, 2.45) is 0 Å². The number of carboxylic acid groups (broad SMARTS) is 1. The van der Waals surface area contributed by atoms with Gasteiger partial charge in [-0.25, -0.2) is 4.98 Å². The minimum absolute atomic E-state index is 0.202. The first-order valence-electron chi connectivity index (χ1n) is 5.14. The molecule has 5 nitrogen and oxygen atoms in total. The summed E-state index contributed by atoms with van der Waals surface area (Å²) in [5.74, 6) is -0.949. The number of halogens is 1.